The Bertz CT molecular complexity index is 1140. The Morgan fingerprint density at radius 3 is 2.84 bits per heavy atom. The van der Waals surface area contributed by atoms with Crippen LogP contribution in [0.3, 0.4) is 0 Å². The molecule has 2 aliphatic rings. The van der Waals surface area contributed by atoms with E-state index >= 15 is 0 Å². The van der Waals surface area contributed by atoms with Gasteiger partial charge in [-0.1, -0.05) is 12.5 Å². The van der Waals surface area contributed by atoms with Crippen molar-refractivity contribution in [3.8, 4) is 34.2 Å². The Morgan fingerprint density at radius 1 is 1.26 bits per heavy atom. The molecule has 31 heavy (non-hydrogen) atoms. The first-order valence-corrected chi connectivity index (χ1v) is 10.4. The van der Waals surface area contributed by atoms with E-state index in [2.05, 4.69) is 15.5 Å². The van der Waals surface area contributed by atoms with E-state index in [-0.39, 0.29) is 23.7 Å². The number of phenols is 1. The molecule has 162 valence electrons. The highest BCUT2D eigenvalue weighted by molar-refractivity contribution is 5.72. The van der Waals surface area contributed by atoms with E-state index in [9.17, 15) is 14.3 Å². The van der Waals surface area contributed by atoms with Crippen molar-refractivity contribution in [2.24, 2.45) is 7.05 Å². The summed E-state index contributed by atoms with van der Waals surface area (Å²) in [4.78, 5) is 11.5. The van der Waals surface area contributed by atoms with Gasteiger partial charge in [-0.25, -0.2) is 9.18 Å². The molecule has 4 heterocycles. The Kier molecular flexibility index (Phi) is 4.97. The van der Waals surface area contributed by atoms with Crippen molar-refractivity contribution in [3.05, 3.63) is 47.1 Å². The molecular weight excluding hydrogens is 403 g/mol. The summed E-state index contributed by atoms with van der Waals surface area (Å²) < 4.78 is 27.0. The van der Waals surface area contributed by atoms with E-state index in [1.807, 2.05) is 0 Å². The summed E-state index contributed by atoms with van der Waals surface area (Å²) in [6.45, 7) is 0. The molecule has 0 saturated carbocycles. The second kappa shape index (κ2) is 7.81. The first kappa shape index (κ1) is 19.7. The molecule has 9 heteroatoms. The lowest BCUT2D eigenvalue weighted by atomic mass is 9.84. The van der Waals surface area contributed by atoms with Gasteiger partial charge >= 0.3 is 5.76 Å². The fourth-order valence-corrected chi connectivity index (χ4v) is 4.41. The summed E-state index contributed by atoms with van der Waals surface area (Å²) >= 11 is 0. The summed E-state index contributed by atoms with van der Waals surface area (Å²) in [5, 5.41) is 22.0. The van der Waals surface area contributed by atoms with Gasteiger partial charge in [0, 0.05) is 42.7 Å². The molecule has 2 saturated heterocycles. The predicted octanol–water partition coefficient (Wildman–Crippen LogP) is 2.81. The third kappa shape index (κ3) is 3.81. The van der Waals surface area contributed by atoms with E-state index in [1.54, 1.807) is 37.5 Å². The SMILES string of the molecule is Cn1cc(-c2ccc(-c3ccc(O[C@H]4CC5CCCC(N5)[C@H]4F)nn3)c(O)c2)oc1=O. The van der Waals surface area contributed by atoms with E-state index in [4.69, 9.17) is 9.15 Å². The number of piperidine rings is 2. The number of hydrogen-bond donors (Lipinski definition) is 2. The highest BCUT2D eigenvalue weighted by Gasteiger charge is 2.41. The average Bonchev–Trinajstić information content (AvgIpc) is 3.11. The topological polar surface area (TPSA) is 102 Å². The largest absolute Gasteiger partial charge is 0.507 e. The number of benzene rings is 1. The maximum Gasteiger partial charge on any atom is 0.419 e. The number of aryl methyl sites for hydroxylation is 1. The van der Waals surface area contributed by atoms with Gasteiger partial charge in [-0.3, -0.25) is 4.57 Å². The van der Waals surface area contributed by atoms with Crippen LogP contribution < -0.4 is 15.8 Å². The van der Waals surface area contributed by atoms with Gasteiger partial charge in [0.1, 0.15) is 11.9 Å². The Hall–Kier alpha value is -3.20. The first-order valence-electron chi connectivity index (χ1n) is 10.4. The zero-order chi connectivity index (χ0) is 21.5. The molecule has 0 spiro atoms. The molecule has 0 radical (unpaired) electrons. The van der Waals surface area contributed by atoms with Crippen molar-refractivity contribution in [1.29, 1.82) is 0 Å². The zero-order valence-corrected chi connectivity index (χ0v) is 17.0. The van der Waals surface area contributed by atoms with E-state index in [1.165, 1.54) is 10.6 Å². The minimum absolute atomic E-state index is 0.0260. The number of rotatable bonds is 4. The molecule has 4 atom stereocenters. The standard InChI is InChI=1S/C22H23FN4O4/c1-27-11-19(31-22(27)29)12-5-6-14(17(28)9-12)15-7-8-20(26-25-15)30-18-10-13-3-2-4-16(24-13)21(18)23/h5-9,11,13,16,18,21,24,28H,2-4,10H2,1H3/t13?,16?,18-,21+/m0/s1. The highest BCUT2D eigenvalue weighted by atomic mass is 19.1. The minimum atomic E-state index is -1.08. The molecule has 2 N–H and O–H groups in total. The zero-order valence-electron chi connectivity index (χ0n) is 17.0. The number of hydrogen-bond acceptors (Lipinski definition) is 7. The van der Waals surface area contributed by atoms with Gasteiger partial charge in [-0.15, -0.1) is 10.2 Å². The number of alkyl halides is 1. The molecule has 5 rings (SSSR count). The number of nitrogens with one attached hydrogen (secondary N) is 1. The average molecular weight is 426 g/mol. The maximum absolute atomic E-state index is 14.7. The summed E-state index contributed by atoms with van der Waals surface area (Å²) in [6.07, 6.45) is 3.45. The number of nitrogens with zero attached hydrogens (tertiary/aromatic N) is 3. The van der Waals surface area contributed by atoms with Gasteiger partial charge in [0.25, 0.3) is 0 Å². The van der Waals surface area contributed by atoms with Crippen LogP contribution in [0.5, 0.6) is 11.6 Å². The summed E-state index contributed by atoms with van der Waals surface area (Å²) in [5.41, 5.74) is 1.49. The van der Waals surface area contributed by atoms with E-state index in [0.717, 1.165) is 19.3 Å². The van der Waals surface area contributed by atoms with Crippen LogP contribution in [0.15, 0.2) is 45.7 Å². The number of aromatic nitrogens is 3. The van der Waals surface area contributed by atoms with Crippen LogP contribution in [0.4, 0.5) is 4.39 Å². The normalized spacial score (nSPS) is 25.4. The molecule has 2 bridgehead atoms. The number of phenolic OH excluding ortho intramolecular Hbond substituents is 1. The smallest absolute Gasteiger partial charge is 0.419 e. The highest BCUT2D eigenvalue weighted by Crippen LogP contribution is 2.33. The summed E-state index contributed by atoms with van der Waals surface area (Å²) in [7, 11) is 1.59. The lowest BCUT2D eigenvalue weighted by molar-refractivity contribution is 0.00652. The van der Waals surface area contributed by atoms with Crippen molar-refractivity contribution >= 4 is 0 Å². The molecule has 2 aliphatic heterocycles. The van der Waals surface area contributed by atoms with Crippen molar-refractivity contribution in [1.82, 2.24) is 20.1 Å². The molecule has 0 aliphatic carbocycles. The van der Waals surface area contributed by atoms with Gasteiger partial charge in [-0.05, 0) is 31.0 Å². The lowest BCUT2D eigenvalue weighted by Crippen LogP contribution is -2.59. The van der Waals surface area contributed by atoms with E-state index in [0.29, 0.717) is 29.0 Å². The third-order valence-electron chi connectivity index (χ3n) is 6.04. The Labute approximate surface area is 177 Å². The molecule has 8 nitrogen and oxygen atoms in total. The molecule has 2 unspecified atom stereocenters. The molecular formula is C22H23FN4O4. The van der Waals surface area contributed by atoms with Crippen LogP contribution in [0.25, 0.3) is 22.6 Å². The fraction of sp³-hybridized carbons (Fsp3) is 0.409. The fourth-order valence-electron chi connectivity index (χ4n) is 4.41. The number of ether oxygens (including phenoxy) is 1. The van der Waals surface area contributed by atoms with Crippen LogP contribution in [0, 0.1) is 0 Å². The van der Waals surface area contributed by atoms with Crippen molar-refractivity contribution in [3.63, 3.8) is 0 Å². The summed E-state index contributed by atoms with van der Waals surface area (Å²) in [6, 6.07) is 8.34. The maximum atomic E-state index is 14.7. The molecule has 0 amide bonds. The first-order chi connectivity index (χ1) is 15.0. The minimum Gasteiger partial charge on any atom is -0.507 e. The van der Waals surface area contributed by atoms with Crippen molar-refractivity contribution in [2.75, 3.05) is 0 Å². The number of fused-ring (bicyclic) bond motifs is 2. The molecule has 2 aromatic heterocycles. The van der Waals surface area contributed by atoms with Gasteiger partial charge < -0.3 is 19.6 Å². The van der Waals surface area contributed by atoms with Gasteiger partial charge in [-0.2, -0.15) is 0 Å². The van der Waals surface area contributed by atoms with Crippen molar-refractivity contribution in [2.45, 2.75) is 50.0 Å². The second-order valence-corrected chi connectivity index (χ2v) is 8.20. The Balaban J connectivity index is 1.32. The number of halogens is 1. The van der Waals surface area contributed by atoms with Crippen LogP contribution in [-0.4, -0.2) is 44.2 Å². The van der Waals surface area contributed by atoms with Gasteiger partial charge in [0.05, 0.1) is 11.9 Å². The summed E-state index contributed by atoms with van der Waals surface area (Å²) in [5.74, 6) is 0.116. The number of oxazole rings is 1. The van der Waals surface area contributed by atoms with Crippen LogP contribution >= 0.6 is 0 Å². The Morgan fingerprint density at radius 2 is 2.13 bits per heavy atom. The van der Waals surface area contributed by atoms with E-state index < -0.39 is 18.0 Å². The molecule has 1 aromatic carbocycles. The van der Waals surface area contributed by atoms with Crippen LogP contribution in [0.1, 0.15) is 25.7 Å². The third-order valence-corrected chi connectivity index (χ3v) is 6.04. The van der Waals surface area contributed by atoms with Crippen LogP contribution in [0.2, 0.25) is 0 Å². The quantitative estimate of drug-likeness (QED) is 0.661. The predicted molar refractivity (Wildman–Crippen MR) is 111 cm³/mol. The van der Waals surface area contributed by atoms with Gasteiger partial charge in [0.15, 0.2) is 11.9 Å². The van der Waals surface area contributed by atoms with Crippen molar-refractivity contribution < 1.29 is 18.7 Å². The second-order valence-electron chi connectivity index (χ2n) is 8.20. The monoisotopic (exact) mass is 426 g/mol. The van der Waals surface area contributed by atoms with Gasteiger partial charge in [0.2, 0.25) is 5.88 Å². The lowest BCUT2D eigenvalue weighted by Gasteiger charge is -2.42. The number of aromatic hydroxyl groups is 1. The molecule has 3 aromatic rings. The van der Waals surface area contributed by atoms with Crippen LogP contribution in [-0.2, 0) is 7.05 Å². The molecule has 2 fully saturated rings.